The van der Waals surface area contributed by atoms with Crippen LogP contribution in [0.1, 0.15) is 129 Å². The van der Waals surface area contributed by atoms with E-state index in [0.717, 1.165) is 25.7 Å². The van der Waals surface area contributed by atoms with Gasteiger partial charge in [-0.2, -0.15) is 0 Å². The Bertz CT molecular complexity index is 428. The zero-order valence-electron chi connectivity index (χ0n) is 18.4. The minimum absolute atomic E-state index is 0.178. The summed E-state index contributed by atoms with van der Waals surface area (Å²) in [6.07, 6.45) is 28.3. The molecule has 0 aliphatic carbocycles. The number of carbonyl (C=O) groups excluding carboxylic acids is 2. The van der Waals surface area contributed by atoms with E-state index < -0.39 is 0 Å². The molecule has 0 amide bonds. The maximum absolute atomic E-state index is 11.4. The quantitative estimate of drug-likeness (QED) is 0.0980. The number of rotatable bonds is 19. The number of esters is 2. The van der Waals surface area contributed by atoms with Crippen molar-refractivity contribution in [2.75, 3.05) is 0 Å². The number of carbonyl (C=O) groups is 2. The SMILES string of the molecule is CCCCCCCCCCCCCCC/C=C/CCCCC1CC(=O)OC1=O. The zero-order valence-corrected chi connectivity index (χ0v) is 18.4. The molecule has 3 heteroatoms. The van der Waals surface area contributed by atoms with E-state index >= 15 is 0 Å². The van der Waals surface area contributed by atoms with Gasteiger partial charge in [0.2, 0.25) is 0 Å². The van der Waals surface area contributed by atoms with Gasteiger partial charge in [-0.05, 0) is 32.1 Å². The van der Waals surface area contributed by atoms with Crippen LogP contribution >= 0.6 is 0 Å². The summed E-state index contributed by atoms with van der Waals surface area (Å²) < 4.78 is 4.57. The van der Waals surface area contributed by atoms with Crippen LogP contribution in [-0.2, 0) is 14.3 Å². The fraction of sp³-hybridized carbons (Fsp3) is 0.840. The van der Waals surface area contributed by atoms with Gasteiger partial charge in [0.15, 0.2) is 0 Å². The van der Waals surface area contributed by atoms with Gasteiger partial charge >= 0.3 is 11.9 Å². The molecule has 0 spiro atoms. The second-order valence-corrected chi connectivity index (χ2v) is 8.48. The van der Waals surface area contributed by atoms with E-state index in [1.165, 1.54) is 89.9 Å². The van der Waals surface area contributed by atoms with Crippen molar-refractivity contribution >= 4 is 11.9 Å². The normalized spacial score (nSPS) is 17.0. The number of allylic oxidation sites excluding steroid dienone is 2. The summed E-state index contributed by atoms with van der Waals surface area (Å²) in [6, 6.07) is 0. The number of cyclic esters (lactones) is 2. The van der Waals surface area contributed by atoms with Crippen LogP contribution in [0.15, 0.2) is 12.2 Å². The lowest BCUT2D eigenvalue weighted by Crippen LogP contribution is -2.06. The van der Waals surface area contributed by atoms with Crippen LogP contribution in [0.2, 0.25) is 0 Å². The fourth-order valence-corrected chi connectivity index (χ4v) is 3.91. The lowest BCUT2D eigenvalue weighted by Gasteiger charge is -2.03. The summed E-state index contributed by atoms with van der Waals surface area (Å²) in [5.41, 5.74) is 0. The second kappa shape index (κ2) is 17.9. The van der Waals surface area contributed by atoms with Crippen LogP contribution in [0, 0.1) is 5.92 Å². The van der Waals surface area contributed by atoms with Crippen LogP contribution < -0.4 is 0 Å². The molecule has 1 aliphatic heterocycles. The molecule has 0 bridgehead atoms. The minimum atomic E-state index is -0.354. The molecule has 0 N–H and O–H groups in total. The molecule has 0 aromatic carbocycles. The number of ether oxygens (including phenoxy) is 1. The molecule has 0 aromatic rings. The van der Waals surface area contributed by atoms with Gasteiger partial charge in [0.1, 0.15) is 0 Å². The van der Waals surface area contributed by atoms with Gasteiger partial charge in [-0.1, -0.05) is 103 Å². The maximum Gasteiger partial charge on any atom is 0.317 e. The Morgan fingerprint density at radius 3 is 1.64 bits per heavy atom. The van der Waals surface area contributed by atoms with Gasteiger partial charge in [0.05, 0.1) is 12.3 Å². The summed E-state index contributed by atoms with van der Waals surface area (Å²) in [5.74, 6) is -0.849. The van der Waals surface area contributed by atoms with Crippen LogP contribution in [0.5, 0.6) is 0 Å². The van der Waals surface area contributed by atoms with E-state index in [1.54, 1.807) is 0 Å². The highest BCUT2D eigenvalue weighted by Crippen LogP contribution is 2.22. The summed E-state index contributed by atoms with van der Waals surface area (Å²) in [5, 5.41) is 0. The second-order valence-electron chi connectivity index (χ2n) is 8.48. The summed E-state index contributed by atoms with van der Waals surface area (Å²) in [4.78, 5) is 22.4. The molecule has 162 valence electrons. The van der Waals surface area contributed by atoms with E-state index in [4.69, 9.17) is 0 Å². The van der Waals surface area contributed by atoms with Gasteiger partial charge < -0.3 is 4.74 Å². The molecule has 3 nitrogen and oxygen atoms in total. The molecule has 1 atom stereocenters. The Kier molecular flexibility index (Phi) is 16.0. The first-order valence-electron chi connectivity index (χ1n) is 12.1. The lowest BCUT2D eigenvalue weighted by atomic mass is 10.00. The molecule has 28 heavy (non-hydrogen) atoms. The predicted molar refractivity (Wildman–Crippen MR) is 117 cm³/mol. The van der Waals surface area contributed by atoms with E-state index in [0.29, 0.717) is 0 Å². The predicted octanol–water partition coefficient (Wildman–Crippen LogP) is 7.67. The Hall–Kier alpha value is -1.12. The van der Waals surface area contributed by atoms with E-state index in [9.17, 15) is 9.59 Å². The summed E-state index contributed by atoms with van der Waals surface area (Å²) >= 11 is 0. The number of unbranched alkanes of at least 4 members (excludes halogenated alkanes) is 15. The fourth-order valence-electron chi connectivity index (χ4n) is 3.91. The third-order valence-electron chi connectivity index (χ3n) is 5.78. The molecule has 1 heterocycles. The van der Waals surface area contributed by atoms with Crippen molar-refractivity contribution < 1.29 is 14.3 Å². The first-order valence-corrected chi connectivity index (χ1v) is 12.1. The molecule has 1 aliphatic rings. The van der Waals surface area contributed by atoms with Crippen molar-refractivity contribution in [2.24, 2.45) is 5.92 Å². The largest absolute Gasteiger partial charge is 0.393 e. The van der Waals surface area contributed by atoms with Crippen LogP contribution in [0.3, 0.4) is 0 Å². The molecule has 0 saturated carbocycles. The molecule has 1 saturated heterocycles. The van der Waals surface area contributed by atoms with Crippen molar-refractivity contribution in [3.63, 3.8) is 0 Å². The average Bonchev–Trinajstić information content (AvgIpc) is 3.00. The Balaban J connectivity index is 1.74. The van der Waals surface area contributed by atoms with Crippen molar-refractivity contribution in [3.8, 4) is 0 Å². The molecule has 1 rings (SSSR count). The standard InChI is InChI=1S/C25H44O3/c1-2-3-4-5-6-7-8-9-10-11-12-13-14-15-16-17-18-19-20-21-23-22-24(26)28-25(23)27/h16-17,23H,2-15,18-22H2,1H3/b17-16+. The minimum Gasteiger partial charge on any atom is -0.393 e. The monoisotopic (exact) mass is 392 g/mol. The third-order valence-corrected chi connectivity index (χ3v) is 5.78. The number of hydrogen-bond acceptors (Lipinski definition) is 3. The topological polar surface area (TPSA) is 43.4 Å². The van der Waals surface area contributed by atoms with Crippen LogP contribution in [-0.4, -0.2) is 11.9 Å². The van der Waals surface area contributed by atoms with Gasteiger partial charge in [-0.15, -0.1) is 0 Å². The average molecular weight is 393 g/mol. The Morgan fingerprint density at radius 1 is 0.714 bits per heavy atom. The van der Waals surface area contributed by atoms with Crippen molar-refractivity contribution in [1.82, 2.24) is 0 Å². The van der Waals surface area contributed by atoms with E-state index in [2.05, 4.69) is 23.8 Å². The van der Waals surface area contributed by atoms with Crippen molar-refractivity contribution in [2.45, 2.75) is 129 Å². The number of hydrogen-bond donors (Lipinski definition) is 0. The highest BCUT2D eigenvalue weighted by molar-refractivity contribution is 5.94. The van der Waals surface area contributed by atoms with Gasteiger partial charge in [0.25, 0.3) is 0 Å². The van der Waals surface area contributed by atoms with Gasteiger partial charge in [-0.3, -0.25) is 9.59 Å². The van der Waals surface area contributed by atoms with Crippen molar-refractivity contribution in [1.29, 1.82) is 0 Å². The van der Waals surface area contributed by atoms with Crippen LogP contribution in [0.4, 0.5) is 0 Å². The van der Waals surface area contributed by atoms with Crippen molar-refractivity contribution in [3.05, 3.63) is 12.2 Å². The highest BCUT2D eigenvalue weighted by Gasteiger charge is 2.32. The lowest BCUT2D eigenvalue weighted by molar-refractivity contribution is -0.153. The molecular weight excluding hydrogens is 348 g/mol. The zero-order chi connectivity index (χ0) is 20.3. The first kappa shape index (κ1) is 24.9. The van der Waals surface area contributed by atoms with E-state index in [1.807, 2.05) is 0 Å². The maximum atomic E-state index is 11.4. The first-order chi connectivity index (χ1) is 13.7. The van der Waals surface area contributed by atoms with E-state index in [-0.39, 0.29) is 24.3 Å². The van der Waals surface area contributed by atoms with Gasteiger partial charge in [0, 0.05) is 0 Å². The third kappa shape index (κ3) is 14.0. The summed E-state index contributed by atoms with van der Waals surface area (Å²) in [6.45, 7) is 2.28. The van der Waals surface area contributed by atoms with Gasteiger partial charge in [-0.25, -0.2) is 0 Å². The Labute approximate surface area is 173 Å². The van der Waals surface area contributed by atoms with Crippen LogP contribution in [0.25, 0.3) is 0 Å². The molecule has 0 radical (unpaired) electrons. The molecule has 0 aromatic heterocycles. The molecule has 1 unspecified atom stereocenters. The highest BCUT2D eigenvalue weighted by atomic mass is 16.6. The smallest absolute Gasteiger partial charge is 0.317 e. The molecular formula is C25H44O3. The Morgan fingerprint density at radius 2 is 1.18 bits per heavy atom. The molecule has 1 fully saturated rings. The summed E-state index contributed by atoms with van der Waals surface area (Å²) in [7, 11) is 0.